The molecule has 21 heavy (non-hydrogen) atoms. The Balaban J connectivity index is 1.89. The zero-order valence-corrected chi connectivity index (χ0v) is 13.2. The summed E-state index contributed by atoms with van der Waals surface area (Å²) in [5, 5.41) is 2.91. The molecule has 1 aliphatic heterocycles. The highest BCUT2D eigenvalue weighted by Crippen LogP contribution is 2.11. The lowest BCUT2D eigenvalue weighted by atomic mass is 10.2. The molecule has 114 valence electrons. The third-order valence-corrected chi connectivity index (χ3v) is 3.85. The van der Waals surface area contributed by atoms with Gasteiger partial charge in [0.15, 0.2) is 0 Å². The smallest absolute Gasteiger partial charge is 0.238 e. The molecule has 2 rings (SSSR count). The molecule has 1 saturated heterocycles. The minimum absolute atomic E-state index is 0.000331. The van der Waals surface area contributed by atoms with Crippen molar-refractivity contribution in [1.29, 1.82) is 0 Å². The summed E-state index contributed by atoms with van der Waals surface area (Å²) in [6, 6.07) is 7.32. The molecule has 1 amide bonds. The van der Waals surface area contributed by atoms with Crippen LogP contribution in [0, 0.1) is 0 Å². The van der Waals surface area contributed by atoms with Crippen molar-refractivity contribution in [2.24, 2.45) is 5.73 Å². The second-order valence-corrected chi connectivity index (χ2v) is 5.87. The van der Waals surface area contributed by atoms with Gasteiger partial charge in [-0.3, -0.25) is 9.69 Å². The van der Waals surface area contributed by atoms with Crippen molar-refractivity contribution < 1.29 is 4.79 Å². The highest BCUT2D eigenvalue weighted by Gasteiger charge is 2.15. The molecule has 6 heteroatoms. The molecule has 0 unspecified atom stereocenters. The van der Waals surface area contributed by atoms with Crippen molar-refractivity contribution in [3.8, 4) is 0 Å². The first kappa shape index (κ1) is 15.9. The Morgan fingerprint density at radius 2 is 2.14 bits per heavy atom. The largest absolute Gasteiger partial charge is 0.389 e. The van der Waals surface area contributed by atoms with E-state index >= 15 is 0 Å². The van der Waals surface area contributed by atoms with Gasteiger partial charge >= 0.3 is 0 Å². The maximum absolute atomic E-state index is 12.1. The Labute approximate surface area is 131 Å². The van der Waals surface area contributed by atoms with Gasteiger partial charge in [0, 0.05) is 24.3 Å². The summed E-state index contributed by atoms with van der Waals surface area (Å²) in [6.07, 6.45) is 1.10. The Bertz CT molecular complexity index is 520. The molecule has 0 spiro atoms. The van der Waals surface area contributed by atoms with Gasteiger partial charge in [-0.25, -0.2) is 0 Å². The van der Waals surface area contributed by atoms with Crippen LogP contribution >= 0.6 is 12.2 Å². The number of anilines is 1. The van der Waals surface area contributed by atoms with Crippen LogP contribution in [0.25, 0.3) is 0 Å². The van der Waals surface area contributed by atoms with Gasteiger partial charge in [0.25, 0.3) is 0 Å². The molecular weight excluding hydrogens is 284 g/mol. The first-order valence-corrected chi connectivity index (χ1v) is 7.56. The average molecular weight is 306 g/mol. The fraction of sp³-hybridized carbons (Fsp3) is 0.467. The lowest BCUT2D eigenvalue weighted by Crippen LogP contribution is -2.35. The van der Waals surface area contributed by atoms with E-state index < -0.39 is 0 Å². The van der Waals surface area contributed by atoms with E-state index in [9.17, 15) is 4.79 Å². The highest BCUT2D eigenvalue weighted by molar-refractivity contribution is 7.80. The Hall–Kier alpha value is -1.50. The molecule has 5 nitrogen and oxygen atoms in total. The van der Waals surface area contributed by atoms with Crippen molar-refractivity contribution in [2.45, 2.75) is 6.42 Å². The molecule has 0 saturated carbocycles. The van der Waals surface area contributed by atoms with Gasteiger partial charge in [0.1, 0.15) is 4.99 Å². The first-order valence-electron chi connectivity index (χ1n) is 7.15. The van der Waals surface area contributed by atoms with Gasteiger partial charge in [-0.1, -0.05) is 24.4 Å². The van der Waals surface area contributed by atoms with Crippen LogP contribution in [0.5, 0.6) is 0 Å². The summed E-state index contributed by atoms with van der Waals surface area (Å²) in [4.78, 5) is 16.9. The van der Waals surface area contributed by atoms with Gasteiger partial charge in [-0.05, 0) is 38.7 Å². The van der Waals surface area contributed by atoms with Gasteiger partial charge in [0.2, 0.25) is 5.91 Å². The van der Waals surface area contributed by atoms with Crippen molar-refractivity contribution in [1.82, 2.24) is 9.80 Å². The highest BCUT2D eigenvalue weighted by atomic mass is 32.1. The van der Waals surface area contributed by atoms with E-state index in [0.717, 1.165) is 43.9 Å². The minimum atomic E-state index is -0.000331. The molecule has 1 aromatic carbocycles. The van der Waals surface area contributed by atoms with Crippen LogP contribution in [0.4, 0.5) is 5.69 Å². The van der Waals surface area contributed by atoms with Gasteiger partial charge in [-0.15, -0.1) is 0 Å². The summed E-state index contributed by atoms with van der Waals surface area (Å²) in [6.45, 7) is 4.41. The Kier molecular flexibility index (Phi) is 5.67. The van der Waals surface area contributed by atoms with Gasteiger partial charge in [-0.2, -0.15) is 0 Å². The molecule has 1 aliphatic rings. The van der Waals surface area contributed by atoms with Crippen molar-refractivity contribution >= 4 is 28.8 Å². The van der Waals surface area contributed by atoms with Crippen LogP contribution in [0.3, 0.4) is 0 Å². The molecule has 1 heterocycles. The quantitative estimate of drug-likeness (QED) is 0.809. The molecule has 0 bridgehead atoms. The Morgan fingerprint density at radius 3 is 2.90 bits per heavy atom. The zero-order valence-electron chi connectivity index (χ0n) is 12.3. The number of thiocarbonyl (C=S) groups is 1. The van der Waals surface area contributed by atoms with E-state index in [2.05, 4.69) is 22.2 Å². The molecule has 0 atom stereocenters. The lowest BCUT2D eigenvalue weighted by Gasteiger charge is -2.19. The molecule has 3 N–H and O–H groups in total. The fourth-order valence-electron chi connectivity index (χ4n) is 2.41. The summed E-state index contributed by atoms with van der Waals surface area (Å²) in [5.74, 6) is -0.000331. The number of hydrogen-bond acceptors (Lipinski definition) is 4. The standard InChI is InChI=1S/C15H22N4OS/c1-18-6-3-7-19(9-8-18)11-14(20)17-13-5-2-4-12(10-13)15(16)21/h2,4-5,10H,3,6-9,11H2,1H3,(H2,16,21)(H,17,20). The van der Waals surface area contributed by atoms with Crippen molar-refractivity contribution in [3.63, 3.8) is 0 Å². The van der Waals surface area contributed by atoms with E-state index in [1.165, 1.54) is 0 Å². The predicted molar refractivity (Wildman–Crippen MR) is 89.5 cm³/mol. The third-order valence-electron chi connectivity index (χ3n) is 3.61. The maximum atomic E-state index is 12.1. The molecule has 1 fully saturated rings. The minimum Gasteiger partial charge on any atom is -0.389 e. The van der Waals surface area contributed by atoms with E-state index in [1.54, 1.807) is 6.07 Å². The number of hydrogen-bond donors (Lipinski definition) is 2. The number of nitrogens with one attached hydrogen (secondary N) is 1. The number of carbonyl (C=O) groups excluding carboxylic acids is 1. The predicted octanol–water partition coefficient (Wildman–Crippen LogP) is 0.897. The summed E-state index contributed by atoms with van der Waals surface area (Å²) >= 11 is 4.94. The monoisotopic (exact) mass is 306 g/mol. The van der Waals surface area contributed by atoms with E-state index in [-0.39, 0.29) is 5.91 Å². The second-order valence-electron chi connectivity index (χ2n) is 5.43. The lowest BCUT2D eigenvalue weighted by molar-refractivity contribution is -0.117. The summed E-state index contributed by atoms with van der Waals surface area (Å²) < 4.78 is 0. The van der Waals surface area contributed by atoms with Crippen LogP contribution in [0.1, 0.15) is 12.0 Å². The van der Waals surface area contributed by atoms with Gasteiger partial charge in [0.05, 0.1) is 6.54 Å². The molecule has 0 radical (unpaired) electrons. The number of carbonyl (C=O) groups is 1. The van der Waals surface area contributed by atoms with E-state index in [1.807, 2.05) is 18.2 Å². The topological polar surface area (TPSA) is 61.6 Å². The molecule has 0 aliphatic carbocycles. The van der Waals surface area contributed by atoms with Gasteiger partial charge < -0.3 is 16.0 Å². The van der Waals surface area contributed by atoms with Crippen LogP contribution in [0.2, 0.25) is 0 Å². The van der Waals surface area contributed by atoms with Crippen LogP contribution in [-0.2, 0) is 4.79 Å². The van der Waals surface area contributed by atoms with Crippen LogP contribution in [-0.4, -0.2) is 60.5 Å². The number of amides is 1. The van der Waals surface area contributed by atoms with Crippen LogP contribution < -0.4 is 11.1 Å². The first-order chi connectivity index (χ1) is 10.0. The molecule has 0 aromatic heterocycles. The van der Waals surface area contributed by atoms with Crippen molar-refractivity contribution in [2.75, 3.05) is 45.1 Å². The number of rotatable bonds is 4. The number of nitrogens with two attached hydrogens (primary N) is 1. The van der Waals surface area contributed by atoms with E-state index in [4.69, 9.17) is 18.0 Å². The zero-order chi connectivity index (χ0) is 15.2. The van der Waals surface area contributed by atoms with E-state index in [0.29, 0.717) is 11.5 Å². The molecular formula is C15H22N4OS. The Morgan fingerprint density at radius 1 is 1.33 bits per heavy atom. The maximum Gasteiger partial charge on any atom is 0.238 e. The third kappa shape index (κ3) is 5.08. The second kappa shape index (κ2) is 7.49. The van der Waals surface area contributed by atoms with Crippen LogP contribution in [0.15, 0.2) is 24.3 Å². The number of likely N-dealkylation sites (N-methyl/N-ethyl adjacent to an activating group) is 1. The number of benzene rings is 1. The summed E-state index contributed by atoms with van der Waals surface area (Å²) in [5.41, 5.74) is 7.10. The summed E-state index contributed by atoms with van der Waals surface area (Å²) in [7, 11) is 2.12. The molecule has 1 aromatic rings. The normalized spacial score (nSPS) is 17.2. The average Bonchev–Trinajstić information content (AvgIpc) is 2.64. The fourth-order valence-corrected chi connectivity index (χ4v) is 2.54. The SMILES string of the molecule is CN1CCCN(CC(=O)Nc2cccc(C(N)=S)c2)CC1. The number of nitrogens with zero attached hydrogens (tertiary/aromatic N) is 2. The van der Waals surface area contributed by atoms with Crippen molar-refractivity contribution in [3.05, 3.63) is 29.8 Å².